The minimum absolute atomic E-state index is 0.721. The third-order valence-corrected chi connectivity index (χ3v) is 4.22. The Morgan fingerprint density at radius 2 is 1.89 bits per heavy atom. The van der Waals surface area contributed by atoms with Gasteiger partial charge in [-0.1, -0.05) is 32.0 Å². The quantitative estimate of drug-likeness (QED) is 0.875. The highest BCUT2D eigenvalue weighted by Gasteiger charge is 2.27. The molecule has 1 heterocycles. The van der Waals surface area contributed by atoms with Crippen LogP contribution in [-0.4, -0.2) is 30.6 Å². The van der Waals surface area contributed by atoms with Gasteiger partial charge in [-0.2, -0.15) is 0 Å². The molecule has 3 atom stereocenters. The zero-order valence-corrected chi connectivity index (χ0v) is 11.9. The molecule has 1 aliphatic heterocycles. The fraction of sp³-hybridized carbons (Fsp3) is 0.625. The number of para-hydroxylation sites is 1. The Morgan fingerprint density at radius 1 is 1.17 bits per heavy atom. The number of nitrogens with one attached hydrogen (secondary N) is 1. The Kier molecular flexibility index (Phi) is 4.65. The molecule has 18 heavy (non-hydrogen) atoms. The van der Waals surface area contributed by atoms with Crippen molar-refractivity contribution >= 4 is 5.69 Å². The number of hydrogen-bond acceptors (Lipinski definition) is 2. The minimum atomic E-state index is 0.721. The largest absolute Gasteiger partial charge is 0.384 e. The van der Waals surface area contributed by atoms with Gasteiger partial charge in [-0.15, -0.1) is 0 Å². The van der Waals surface area contributed by atoms with E-state index in [2.05, 4.69) is 61.3 Å². The summed E-state index contributed by atoms with van der Waals surface area (Å²) in [5.41, 5.74) is 1.23. The Hall–Kier alpha value is -1.02. The van der Waals surface area contributed by atoms with E-state index < -0.39 is 0 Å². The lowest BCUT2D eigenvalue weighted by Gasteiger charge is -2.41. The van der Waals surface area contributed by atoms with Crippen molar-refractivity contribution in [1.82, 2.24) is 4.90 Å². The van der Waals surface area contributed by atoms with Crippen LogP contribution in [0.1, 0.15) is 27.2 Å². The Balaban J connectivity index is 1.79. The van der Waals surface area contributed by atoms with E-state index in [9.17, 15) is 0 Å². The zero-order chi connectivity index (χ0) is 13.0. The minimum Gasteiger partial charge on any atom is -0.384 e. The van der Waals surface area contributed by atoms with E-state index in [0.717, 1.165) is 31.0 Å². The van der Waals surface area contributed by atoms with Crippen LogP contribution in [0, 0.1) is 11.8 Å². The SMILES string of the molecule is CC1CC(C)C(C)N(CCNc2ccccc2)C1. The molecule has 0 bridgehead atoms. The first-order valence-electron chi connectivity index (χ1n) is 7.20. The molecular weight excluding hydrogens is 220 g/mol. The molecule has 1 aromatic rings. The molecular formula is C16H26N2. The highest BCUT2D eigenvalue weighted by molar-refractivity contribution is 5.42. The van der Waals surface area contributed by atoms with Gasteiger partial charge in [0.1, 0.15) is 0 Å². The maximum atomic E-state index is 3.50. The zero-order valence-electron chi connectivity index (χ0n) is 11.9. The Morgan fingerprint density at radius 3 is 2.61 bits per heavy atom. The van der Waals surface area contributed by atoms with E-state index in [4.69, 9.17) is 0 Å². The first-order chi connectivity index (χ1) is 8.66. The monoisotopic (exact) mass is 246 g/mol. The van der Waals surface area contributed by atoms with Crippen LogP contribution in [0.15, 0.2) is 30.3 Å². The molecule has 0 spiro atoms. The molecule has 1 saturated heterocycles. The van der Waals surface area contributed by atoms with Crippen LogP contribution >= 0.6 is 0 Å². The second-order valence-corrected chi connectivity index (χ2v) is 5.85. The number of benzene rings is 1. The predicted molar refractivity (Wildman–Crippen MR) is 78.9 cm³/mol. The summed E-state index contributed by atoms with van der Waals surface area (Å²) < 4.78 is 0. The fourth-order valence-corrected chi connectivity index (χ4v) is 3.03. The summed E-state index contributed by atoms with van der Waals surface area (Å²) in [5, 5.41) is 3.50. The van der Waals surface area contributed by atoms with Crippen molar-refractivity contribution in [1.29, 1.82) is 0 Å². The molecule has 1 fully saturated rings. The first kappa shape index (κ1) is 13.4. The van der Waals surface area contributed by atoms with Crippen LogP contribution in [0.3, 0.4) is 0 Å². The van der Waals surface area contributed by atoms with Crippen molar-refractivity contribution in [2.45, 2.75) is 33.2 Å². The van der Waals surface area contributed by atoms with E-state index >= 15 is 0 Å². The van der Waals surface area contributed by atoms with Crippen LogP contribution in [0.25, 0.3) is 0 Å². The molecule has 1 aliphatic rings. The number of likely N-dealkylation sites (tertiary alicyclic amines) is 1. The van der Waals surface area contributed by atoms with Crippen molar-refractivity contribution < 1.29 is 0 Å². The van der Waals surface area contributed by atoms with E-state index in [0.29, 0.717) is 0 Å². The maximum Gasteiger partial charge on any atom is 0.0340 e. The molecule has 0 saturated carbocycles. The van der Waals surface area contributed by atoms with Crippen molar-refractivity contribution in [2.75, 3.05) is 25.0 Å². The molecule has 3 unspecified atom stereocenters. The summed E-state index contributed by atoms with van der Waals surface area (Å²) in [5.74, 6) is 1.67. The number of rotatable bonds is 4. The number of piperidine rings is 1. The molecule has 0 aromatic heterocycles. The highest BCUT2D eigenvalue weighted by atomic mass is 15.2. The second-order valence-electron chi connectivity index (χ2n) is 5.85. The maximum absolute atomic E-state index is 3.50. The average molecular weight is 246 g/mol. The molecule has 0 aliphatic carbocycles. The van der Waals surface area contributed by atoms with Gasteiger partial charge in [0.15, 0.2) is 0 Å². The number of hydrogen-bond donors (Lipinski definition) is 1. The normalized spacial score (nSPS) is 29.2. The van der Waals surface area contributed by atoms with Crippen LogP contribution < -0.4 is 5.32 Å². The summed E-state index contributed by atoms with van der Waals surface area (Å²) in [6.07, 6.45) is 1.38. The molecule has 1 N–H and O–H groups in total. The standard InChI is InChI=1S/C16H26N2/c1-13-11-14(2)15(3)18(12-13)10-9-17-16-7-5-4-6-8-16/h4-8,13-15,17H,9-12H2,1-3H3. The van der Waals surface area contributed by atoms with Crippen molar-refractivity contribution in [2.24, 2.45) is 11.8 Å². The molecule has 100 valence electrons. The van der Waals surface area contributed by atoms with Crippen LogP contribution in [0.2, 0.25) is 0 Å². The van der Waals surface area contributed by atoms with E-state index in [1.54, 1.807) is 0 Å². The van der Waals surface area contributed by atoms with E-state index in [1.165, 1.54) is 18.7 Å². The van der Waals surface area contributed by atoms with Crippen LogP contribution in [-0.2, 0) is 0 Å². The van der Waals surface area contributed by atoms with Gasteiger partial charge in [-0.25, -0.2) is 0 Å². The second kappa shape index (κ2) is 6.24. The molecule has 2 heteroatoms. The summed E-state index contributed by atoms with van der Waals surface area (Å²) in [6, 6.07) is 11.2. The molecule has 1 aromatic carbocycles. The molecule has 0 radical (unpaired) electrons. The molecule has 2 rings (SSSR count). The lowest BCUT2D eigenvalue weighted by atomic mass is 9.86. The van der Waals surface area contributed by atoms with Crippen molar-refractivity contribution in [3.63, 3.8) is 0 Å². The van der Waals surface area contributed by atoms with Crippen LogP contribution in [0.5, 0.6) is 0 Å². The topological polar surface area (TPSA) is 15.3 Å². The Bertz CT molecular complexity index is 349. The summed E-state index contributed by atoms with van der Waals surface area (Å²) in [6.45, 7) is 10.6. The van der Waals surface area contributed by atoms with Gasteiger partial charge < -0.3 is 5.32 Å². The summed E-state index contributed by atoms with van der Waals surface area (Å²) in [7, 11) is 0. The van der Waals surface area contributed by atoms with Gasteiger partial charge in [0.05, 0.1) is 0 Å². The molecule has 0 amide bonds. The van der Waals surface area contributed by atoms with Gasteiger partial charge in [-0.05, 0) is 37.3 Å². The summed E-state index contributed by atoms with van der Waals surface area (Å²) in [4.78, 5) is 2.63. The number of nitrogens with zero attached hydrogens (tertiary/aromatic N) is 1. The summed E-state index contributed by atoms with van der Waals surface area (Å²) >= 11 is 0. The average Bonchev–Trinajstić information content (AvgIpc) is 2.36. The third-order valence-electron chi connectivity index (χ3n) is 4.22. The third kappa shape index (κ3) is 3.49. The first-order valence-corrected chi connectivity index (χ1v) is 7.20. The predicted octanol–water partition coefficient (Wildman–Crippen LogP) is 3.46. The van der Waals surface area contributed by atoms with Gasteiger partial charge in [0, 0.05) is 31.4 Å². The number of anilines is 1. The fourth-order valence-electron chi connectivity index (χ4n) is 3.03. The lowest BCUT2D eigenvalue weighted by molar-refractivity contribution is 0.0839. The van der Waals surface area contributed by atoms with Crippen molar-refractivity contribution in [3.8, 4) is 0 Å². The van der Waals surface area contributed by atoms with Crippen LogP contribution in [0.4, 0.5) is 5.69 Å². The van der Waals surface area contributed by atoms with Gasteiger partial charge in [0.2, 0.25) is 0 Å². The lowest BCUT2D eigenvalue weighted by Crippen LogP contribution is -2.47. The van der Waals surface area contributed by atoms with Gasteiger partial charge >= 0.3 is 0 Å². The highest BCUT2D eigenvalue weighted by Crippen LogP contribution is 2.26. The van der Waals surface area contributed by atoms with E-state index in [1.807, 2.05) is 0 Å². The van der Waals surface area contributed by atoms with E-state index in [-0.39, 0.29) is 0 Å². The Labute approximate surface area is 111 Å². The van der Waals surface area contributed by atoms with Gasteiger partial charge in [0.25, 0.3) is 0 Å². The van der Waals surface area contributed by atoms with Gasteiger partial charge in [-0.3, -0.25) is 4.90 Å². The smallest absolute Gasteiger partial charge is 0.0340 e. The molecule has 2 nitrogen and oxygen atoms in total. The van der Waals surface area contributed by atoms with Crippen molar-refractivity contribution in [3.05, 3.63) is 30.3 Å².